The molecule has 0 radical (unpaired) electrons. The number of carbonyl (C=O) groups excluding carboxylic acids is 3. The summed E-state index contributed by atoms with van der Waals surface area (Å²) in [4.78, 5) is 40.4. The van der Waals surface area contributed by atoms with Gasteiger partial charge in [0.25, 0.3) is 5.91 Å². The van der Waals surface area contributed by atoms with E-state index in [0.717, 1.165) is 47.4 Å². The number of hydrogen-bond acceptors (Lipinski definition) is 4. The van der Waals surface area contributed by atoms with Crippen molar-refractivity contribution in [2.45, 2.75) is 44.1 Å². The van der Waals surface area contributed by atoms with Gasteiger partial charge in [0, 0.05) is 16.1 Å². The van der Waals surface area contributed by atoms with E-state index in [4.69, 9.17) is 0 Å². The van der Waals surface area contributed by atoms with Gasteiger partial charge in [0.05, 0.1) is 0 Å². The molecule has 2 aromatic rings. The Labute approximate surface area is 166 Å². The van der Waals surface area contributed by atoms with E-state index < -0.39 is 11.6 Å². The molecular formula is C21H21N3O3S. The number of nitrogens with zero attached hydrogens (tertiary/aromatic N) is 1. The van der Waals surface area contributed by atoms with E-state index >= 15 is 0 Å². The normalized spacial score (nSPS) is 22.9. The molecule has 1 spiro atoms. The number of urea groups is 1. The number of fused-ring (bicyclic) bond motifs is 3. The smallest absolute Gasteiger partial charge is 0.325 e. The Morgan fingerprint density at radius 2 is 2.00 bits per heavy atom. The molecule has 0 bridgehead atoms. The molecule has 28 heavy (non-hydrogen) atoms. The monoisotopic (exact) mass is 395 g/mol. The lowest BCUT2D eigenvalue weighted by atomic mass is 9.80. The summed E-state index contributed by atoms with van der Waals surface area (Å²) in [5.74, 6) is -0.680. The molecule has 144 valence electrons. The molecule has 1 atom stereocenters. The van der Waals surface area contributed by atoms with Crippen LogP contribution in [0.4, 0.5) is 10.5 Å². The van der Waals surface area contributed by atoms with Gasteiger partial charge in [0.2, 0.25) is 5.91 Å². The van der Waals surface area contributed by atoms with E-state index in [1.54, 1.807) is 11.3 Å². The van der Waals surface area contributed by atoms with Crippen LogP contribution in [0, 0.1) is 0 Å². The van der Waals surface area contributed by atoms with Crippen LogP contribution in [0.1, 0.15) is 40.8 Å². The molecule has 0 saturated carbocycles. The van der Waals surface area contributed by atoms with Crippen LogP contribution in [0.2, 0.25) is 0 Å². The molecule has 6 nitrogen and oxygen atoms in total. The molecule has 2 heterocycles. The van der Waals surface area contributed by atoms with Crippen molar-refractivity contribution in [1.82, 2.24) is 10.2 Å². The Kier molecular flexibility index (Phi) is 4.01. The van der Waals surface area contributed by atoms with E-state index in [9.17, 15) is 14.4 Å². The topological polar surface area (TPSA) is 78.5 Å². The third-order valence-electron chi connectivity index (χ3n) is 6.02. The Bertz CT molecular complexity index is 999. The molecular weight excluding hydrogens is 374 g/mol. The fourth-order valence-electron chi connectivity index (χ4n) is 4.68. The number of rotatable bonds is 3. The van der Waals surface area contributed by atoms with Crippen molar-refractivity contribution in [3.8, 4) is 0 Å². The number of hydrogen-bond donors (Lipinski definition) is 2. The summed E-state index contributed by atoms with van der Waals surface area (Å²) in [6.07, 6.45) is 5.59. The Morgan fingerprint density at radius 1 is 1.14 bits per heavy atom. The van der Waals surface area contributed by atoms with Gasteiger partial charge in [0.15, 0.2) is 0 Å². The number of benzene rings is 1. The first-order valence-corrected chi connectivity index (χ1v) is 10.6. The zero-order valence-electron chi connectivity index (χ0n) is 15.4. The van der Waals surface area contributed by atoms with Crippen molar-refractivity contribution in [2.24, 2.45) is 0 Å². The number of thiophene rings is 1. The van der Waals surface area contributed by atoms with Crippen LogP contribution < -0.4 is 10.6 Å². The van der Waals surface area contributed by atoms with Gasteiger partial charge in [-0.05, 0) is 73.2 Å². The second-order valence-corrected chi connectivity index (χ2v) is 8.72. The van der Waals surface area contributed by atoms with Crippen LogP contribution in [0.5, 0.6) is 0 Å². The minimum atomic E-state index is -1.00. The first-order valence-electron chi connectivity index (χ1n) is 9.69. The molecule has 2 aliphatic carbocycles. The zero-order valence-corrected chi connectivity index (χ0v) is 16.2. The van der Waals surface area contributed by atoms with Crippen LogP contribution in [0.25, 0.3) is 0 Å². The van der Waals surface area contributed by atoms with Crippen LogP contribution in [-0.2, 0) is 34.4 Å². The molecule has 5 rings (SSSR count). The van der Waals surface area contributed by atoms with E-state index in [1.807, 2.05) is 29.6 Å². The SMILES string of the molecule is O=C(CN1C(=O)N[C@@]2(CCCc3sccc32)C1=O)Nc1ccc2c(c1)CCC2. The van der Waals surface area contributed by atoms with Crippen molar-refractivity contribution >= 4 is 34.9 Å². The highest BCUT2D eigenvalue weighted by molar-refractivity contribution is 7.10. The average molecular weight is 395 g/mol. The fraction of sp³-hybridized carbons (Fsp3) is 0.381. The van der Waals surface area contributed by atoms with E-state index in [1.165, 1.54) is 11.1 Å². The molecule has 1 saturated heterocycles. The number of aryl methyl sites for hydroxylation is 3. The molecule has 0 unspecified atom stereocenters. The summed E-state index contributed by atoms with van der Waals surface area (Å²) in [7, 11) is 0. The number of carbonyl (C=O) groups is 3. The molecule has 1 aliphatic heterocycles. The average Bonchev–Trinajstić information content (AvgIpc) is 3.38. The molecule has 1 aromatic carbocycles. The highest BCUT2D eigenvalue weighted by Gasteiger charge is 2.54. The quantitative estimate of drug-likeness (QED) is 0.785. The second kappa shape index (κ2) is 6.44. The molecule has 3 aliphatic rings. The molecule has 7 heteroatoms. The summed E-state index contributed by atoms with van der Waals surface area (Å²) in [5.41, 5.74) is 3.20. The number of anilines is 1. The standard InChI is InChI=1S/C21H21N3O3S/c25-18(22-15-7-6-13-3-1-4-14(13)11-15)12-24-19(26)21(23-20(24)27)9-2-5-17-16(21)8-10-28-17/h6-8,10-11H,1-5,9,12H2,(H,22,25)(H,23,27)/t21-/m1/s1. The number of amides is 4. The Morgan fingerprint density at radius 3 is 2.89 bits per heavy atom. The van der Waals surface area contributed by atoms with E-state index in [2.05, 4.69) is 10.6 Å². The minimum absolute atomic E-state index is 0.275. The fourth-order valence-corrected chi connectivity index (χ4v) is 5.68. The van der Waals surface area contributed by atoms with Crippen LogP contribution in [0.3, 0.4) is 0 Å². The summed E-state index contributed by atoms with van der Waals surface area (Å²) in [6, 6.07) is 7.35. The summed E-state index contributed by atoms with van der Waals surface area (Å²) >= 11 is 1.61. The van der Waals surface area contributed by atoms with Gasteiger partial charge in [-0.2, -0.15) is 0 Å². The maximum atomic E-state index is 13.2. The van der Waals surface area contributed by atoms with Gasteiger partial charge in [-0.25, -0.2) is 4.79 Å². The molecule has 1 fully saturated rings. The number of nitrogens with one attached hydrogen (secondary N) is 2. The van der Waals surface area contributed by atoms with Gasteiger partial charge in [-0.3, -0.25) is 14.5 Å². The summed E-state index contributed by atoms with van der Waals surface area (Å²) in [6.45, 7) is -0.275. The van der Waals surface area contributed by atoms with E-state index in [0.29, 0.717) is 12.1 Å². The Balaban J connectivity index is 1.33. The van der Waals surface area contributed by atoms with Crippen molar-refractivity contribution in [3.63, 3.8) is 0 Å². The third kappa shape index (κ3) is 2.64. The molecule has 1 aromatic heterocycles. The van der Waals surface area contributed by atoms with Gasteiger partial charge in [-0.1, -0.05) is 6.07 Å². The lowest BCUT2D eigenvalue weighted by molar-refractivity contribution is -0.134. The number of imide groups is 1. The zero-order chi connectivity index (χ0) is 19.3. The predicted molar refractivity (Wildman–Crippen MR) is 106 cm³/mol. The maximum absolute atomic E-state index is 13.2. The lowest BCUT2D eigenvalue weighted by Gasteiger charge is -2.31. The minimum Gasteiger partial charge on any atom is -0.325 e. The summed E-state index contributed by atoms with van der Waals surface area (Å²) in [5, 5.41) is 7.67. The first kappa shape index (κ1) is 17.4. The van der Waals surface area contributed by atoms with Crippen molar-refractivity contribution in [1.29, 1.82) is 0 Å². The second-order valence-electron chi connectivity index (χ2n) is 7.72. The largest absolute Gasteiger partial charge is 0.325 e. The Hall–Kier alpha value is -2.67. The summed E-state index contributed by atoms with van der Waals surface area (Å²) < 4.78 is 0. The highest BCUT2D eigenvalue weighted by Crippen LogP contribution is 2.42. The highest BCUT2D eigenvalue weighted by atomic mass is 32.1. The van der Waals surface area contributed by atoms with E-state index in [-0.39, 0.29) is 18.4 Å². The molecule has 4 amide bonds. The van der Waals surface area contributed by atoms with Crippen LogP contribution in [-0.4, -0.2) is 29.3 Å². The van der Waals surface area contributed by atoms with Gasteiger partial charge in [0.1, 0.15) is 12.1 Å². The van der Waals surface area contributed by atoms with Gasteiger partial charge < -0.3 is 10.6 Å². The first-order chi connectivity index (χ1) is 13.6. The van der Waals surface area contributed by atoms with Crippen molar-refractivity contribution < 1.29 is 14.4 Å². The van der Waals surface area contributed by atoms with Crippen molar-refractivity contribution in [3.05, 3.63) is 51.2 Å². The van der Waals surface area contributed by atoms with Crippen molar-refractivity contribution in [2.75, 3.05) is 11.9 Å². The predicted octanol–water partition coefficient (Wildman–Crippen LogP) is 2.96. The molecule has 2 N–H and O–H groups in total. The van der Waals surface area contributed by atoms with Crippen LogP contribution in [0.15, 0.2) is 29.6 Å². The maximum Gasteiger partial charge on any atom is 0.325 e. The van der Waals surface area contributed by atoms with Gasteiger partial charge in [-0.15, -0.1) is 11.3 Å². The third-order valence-corrected chi connectivity index (χ3v) is 7.00. The lowest BCUT2D eigenvalue weighted by Crippen LogP contribution is -2.46. The van der Waals surface area contributed by atoms with Gasteiger partial charge >= 0.3 is 6.03 Å². The van der Waals surface area contributed by atoms with Crippen LogP contribution >= 0.6 is 11.3 Å².